The number of carboxylic acid groups (broad SMARTS) is 1. The number of aliphatic carboxylic acids is 1. The number of nitrogens with one attached hydrogen (secondary N) is 1. The third kappa shape index (κ3) is 10.2. The Labute approximate surface area is 155 Å². The molecule has 25 heavy (non-hydrogen) atoms. The molecule has 1 aliphatic rings. The van der Waals surface area contributed by atoms with Crippen molar-refractivity contribution in [3.8, 4) is 0 Å². The predicted octanol–water partition coefficient (Wildman–Crippen LogP) is 5.00. The number of nitrogens with two attached hydrogens (primary N) is 1. The van der Waals surface area contributed by atoms with Crippen molar-refractivity contribution < 1.29 is 9.90 Å². The van der Waals surface area contributed by atoms with Crippen molar-refractivity contribution in [3.63, 3.8) is 0 Å². The number of hydrogen-bond donors (Lipinski definition) is 3. The molecule has 0 aromatic rings. The van der Waals surface area contributed by atoms with Crippen LogP contribution in [0.5, 0.6) is 0 Å². The van der Waals surface area contributed by atoms with Gasteiger partial charge in [0.15, 0.2) is 0 Å². The Kier molecular flexibility index (Phi) is 13.1. The summed E-state index contributed by atoms with van der Waals surface area (Å²) in [6, 6.07) is 0. The van der Waals surface area contributed by atoms with Crippen molar-refractivity contribution in [2.75, 3.05) is 13.1 Å². The third-order valence-corrected chi connectivity index (χ3v) is 5.71. The van der Waals surface area contributed by atoms with Crippen molar-refractivity contribution in [2.45, 2.75) is 115 Å². The van der Waals surface area contributed by atoms with Crippen LogP contribution in [-0.4, -0.2) is 29.7 Å². The zero-order chi connectivity index (χ0) is 18.2. The van der Waals surface area contributed by atoms with Crippen LogP contribution in [0, 0.1) is 0 Å². The van der Waals surface area contributed by atoms with Gasteiger partial charge in [0.2, 0.25) is 0 Å². The second kappa shape index (κ2) is 14.5. The van der Waals surface area contributed by atoms with Gasteiger partial charge in [0.05, 0.1) is 0 Å². The summed E-state index contributed by atoms with van der Waals surface area (Å²) in [4.78, 5) is 12.1. The maximum absolute atomic E-state index is 12.1. The molecule has 4 N–H and O–H groups in total. The molecule has 1 aliphatic heterocycles. The van der Waals surface area contributed by atoms with Crippen molar-refractivity contribution in [2.24, 2.45) is 5.73 Å². The smallest absolute Gasteiger partial charge is 0.323 e. The van der Waals surface area contributed by atoms with E-state index in [2.05, 4.69) is 5.32 Å². The summed E-state index contributed by atoms with van der Waals surface area (Å²) in [5.41, 5.74) is 4.87. The molecule has 0 radical (unpaired) electrons. The Hall–Kier alpha value is -0.610. The van der Waals surface area contributed by atoms with Crippen molar-refractivity contribution in [1.82, 2.24) is 5.32 Å². The minimum Gasteiger partial charge on any atom is -0.480 e. The van der Waals surface area contributed by atoms with Gasteiger partial charge in [-0.3, -0.25) is 4.79 Å². The lowest BCUT2D eigenvalue weighted by molar-refractivity contribution is -0.145. The van der Waals surface area contributed by atoms with Gasteiger partial charge in [-0.1, -0.05) is 77.0 Å². The van der Waals surface area contributed by atoms with Gasteiger partial charge in [-0.05, 0) is 45.2 Å². The lowest BCUT2D eigenvalue weighted by atomic mass is 9.86. The van der Waals surface area contributed by atoms with E-state index >= 15 is 0 Å². The van der Waals surface area contributed by atoms with Gasteiger partial charge >= 0.3 is 5.97 Å². The summed E-state index contributed by atoms with van der Waals surface area (Å²) >= 11 is 0. The molecule has 0 aromatic heterocycles. The minimum atomic E-state index is -0.733. The monoisotopic (exact) mass is 354 g/mol. The number of carboxylic acids is 1. The standard InChI is InChI=1S/C21H42N2O2/c22-18-14-13-17-21(20(24)25)16-12-10-8-6-4-2-1-3-5-7-9-11-15-19-23-21/h23H,1-19,22H2,(H,24,25)/t21-/m0/s1. The van der Waals surface area contributed by atoms with Crippen LogP contribution in [0.3, 0.4) is 0 Å². The molecule has 4 heteroatoms. The second-order valence-electron chi connectivity index (χ2n) is 7.91. The lowest BCUT2D eigenvalue weighted by Gasteiger charge is -2.31. The van der Waals surface area contributed by atoms with E-state index < -0.39 is 11.5 Å². The number of rotatable bonds is 5. The first-order valence-corrected chi connectivity index (χ1v) is 10.9. The zero-order valence-electron chi connectivity index (χ0n) is 16.4. The largest absolute Gasteiger partial charge is 0.480 e. The lowest BCUT2D eigenvalue weighted by Crippen LogP contribution is -2.52. The van der Waals surface area contributed by atoms with Crippen LogP contribution in [-0.2, 0) is 4.79 Å². The maximum atomic E-state index is 12.1. The zero-order valence-corrected chi connectivity index (χ0v) is 16.4. The van der Waals surface area contributed by atoms with Gasteiger partial charge < -0.3 is 16.2 Å². The number of carbonyl (C=O) groups is 1. The summed E-state index contributed by atoms with van der Waals surface area (Å²) in [5, 5.41) is 13.4. The van der Waals surface area contributed by atoms with Crippen molar-refractivity contribution in [1.29, 1.82) is 0 Å². The normalized spacial score (nSPS) is 26.0. The molecule has 148 valence electrons. The predicted molar refractivity (Wildman–Crippen MR) is 106 cm³/mol. The molecular weight excluding hydrogens is 312 g/mol. The second-order valence-corrected chi connectivity index (χ2v) is 7.91. The summed E-state index contributed by atoms with van der Waals surface area (Å²) in [7, 11) is 0. The molecule has 4 nitrogen and oxygen atoms in total. The van der Waals surface area contributed by atoms with E-state index in [1.165, 1.54) is 64.2 Å². The SMILES string of the molecule is NCCCC[C@]1(C(=O)O)CCCCCCCCCCCCCCCN1. The van der Waals surface area contributed by atoms with Crippen LogP contribution in [0.25, 0.3) is 0 Å². The average Bonchev–Trinajstić information content (AvgIpc) is 2.60. The highest BCUT2D eigenvalue weighted by molar-refractivity contribution is 5.78. The molecule has 0 bridgehead atoms. The molecule has 0 aromatic carbocycles. The van der Waals surface area contributed by atoms with E-state index in [0.29, 0.717) is 13.0 Å². The molecule has 0 spiro atoms. The van der Waals surface area contributed by atoms with Crippen molar-refractivity contribution >= 4 is 5.97 Å². The first-order valence-electron chi connectivity index (χ1n) is 10.9. The fourth-order valence-corrected chi connectivity index (χ4v) is 3.99. The molecule has 0 unspecified atom stereocenters. The summed E-state index contributed by atoms with van der Waals surface area (Å²) < 4.78 is 0. The Bertz CT molecular complexity index is 316. The Balaban J connectivity index is 2.56. The van der Waals surface area contributed by atoms with Gasteiger partial charge in [0.1, 0.15) is 5.54 Å². The van der Waals surface area contributed by atoms with Crippen LogP contribution in [0.1, 0.15) is 109 Å². The Morgan fingerprint density at radius 2 is 1.28 bits per heavy atom. The first kappa shape index (κ1) is 22.4. The molecule has 0 amide bonds. The molecule has 1 atom stereocenters. The first-order chi connectivity index (χ1) is 12.2. The van der Waals surface area contributed by atoms with Crippen LogP contribution in [0.2, 0.25) is 0 Å². The maximum Gasteiger partial charge on any atom is 0.323 e. The highest BCUT2D eigenvalue weighted by atomic mass is 16.4. The van der Waals surface area contributed by atoms with E-state index in [4.69, 9.17) is 5.73 Å². The van der Waals surface area contributed by atoms with Crippen LogP contribution < -0.4 is 11.1 Å². The molecule has 1 fully saturated rings. The summed E-state index contributed by atoms with van der Waals surface area (Å²) in [6.45, 7) is 1.48. The van der Waals surface area contributed by atoms with Gasteiger partial charge in [-0.15, -0.1) is 0 Å². The number of hydrogen-bond acceptors (Lipinski definition) is 3. The van der Waals surface area contributed by atoms with E-state index in [0.717, 1.165) is 45.1 Å². The molecular formula is C21H42N2O2. The third-order valence-electron chi connectivity index (χ3n) is 5.71. The van der Waals surface area contributed by atoms with Crippen LogP contribution >= 0.6 is 0 Å². The summed E-state index contributed by atoms with van der Waals surface area (Å²) in [5.74, 6) is -0.664. The molecule has 1 rings (SSSR count). The highest BCUT2D eigenvalue weighted by Gasteiger charge is 2.36. The molecule has 1 heterocycles. The van der Waals surface area contributed by atoms with Gasteiger partial charge in [-0.25, -0.2) is 0 Å². The van der Waals surface area contributed by atoms with Gasteiger partial charge in [0, 0.05) is 0 Å². The number of unbranched alkanes of at least 4 members (excludes halogenated alkanes) is 1. The van der Waals surface area contributed by atoms with Gasteiger partial charge in [-0.2, -0.15) is 0 Å². The molecule has 0 aliphatic carbocycles. The van der Waals surface area contributed by atoms with Crippen molar-refractivity contribution in [3.05, 3.63) is 0 Å². The highest BCUT2D eigenvalue weighted by Crippen LogP contribution is 2.24. The quantitative estimate of drug-likeness (QED) is 0.607. The van der Waals surface area contributed by atoms with E-state index in [1.807, 2.05) is 0 Å². The fraction of sp³-hybridized carbons (Fsp3) is 0.952. The van der Waals surface area contributed by atoms with E-state index in [-0.39, 0.29) is 0 Å². The van der Waals surface area contributed by atoms with E-state index in [9.17, 15) is 9.90 Å². The van der Waals surface area contributed by atoms with Crippen LogP contribution in [0.15, 0.2) is 0 Å². The summed E-state index contributed by atoms with van der Waals surface area (Å²) in [6.07, 6.45) is 19.8. The molecule has 1 saturated heterocycles. The Morgan fingerprint density at radius 1 is 0.800 bits per heavy atom. The van der Waals surface area contributed by atoms with Crippen LogP contribution in [0.4, 0.5) is 0 Å². The Morgan fingerprint density at radius 3 is 1.76 bits per heavy atom. The van der Waals surface area contributed by atoms with Gasteiger partial charge in [0.25, 0.3) is 0 Å². The average molecular weight is 355 g/mol. The molecule has 0 saturated carbocycles. The fourth-order valence-electron chi connectivity index (χ4n) is 3.99. The minimum absolute atomic E-state index is 0.649. The van der Waals surface area contributed by atoms with E-state index in [1.54, 1.807) is 0 Å². The topological polar surface area (TPSA) is 75.4 Å².